The lowest BCUT2D eigenvalue weighted by molar-refractivity contribution is 0.206. The molecule has 0 heterocycles. The van der Waals surface area contributed by atoms with E-state index in [1.807, 2.05) is 0 Å². The summed E-state index contributed by atoms with van der Waals surface area (Å²) in [4.78, 5) is 0. The number of aliphatic hydroxyl groups excluding tert-OH is 1. The van der Waals surface area contributed by atoms with Crippen LogP contribution in [0.4, 0.5) is 0 Å². The first-order valence-electron chi connectivity index (χ1n) is 5.67. The van der Waals surface area contributed by atoms with Crippen molar-refractivity contribution in [3.8, 4) is 0 Å². The van der Waals surface area contributed by atoms with Gasteiger partial charge >= 0.3 is 0 Å². The van der Waals surface area contributed by atoms with E-state index in [1.165, 1.54) is 44.9 Å². The van der Waals surface area contributed by atoms with E-state index < -0.39 is 0 Å². The van der Waals surface area contributed by atoms with Crippen LogP contribution in [0.25, 0.3) is 0 Å². The lowest BCUT2D eigenvalue weighted by Gasteiger charge is -2.13. The summed E-state index contributed by atoms with van der Waals surface area (Å²) >= 11 is 0. The molecule has 0 aromatic carbocycles. The smallest absolute Gasteiger partial charge is 0.0656 e. The summed E-state index contributed by atoms with van der Waals surface area (Å²) in [5.74, 6) is 1.31. The Balaban J connectivity index is 2.29. The summed E-state index contributed by atoms with van der Waals surface area (Å²) in [6, 6.07) is 0. The molecule has 2 atom stereocenters. The summed E-state index contributed by atoms with van der Waals surface area (Å²) in [5, 5.41) is 9.10. The minimum absolute atomic E-state index is 0.382. The van der Waals surface area contributed by atoms with E-state index in [1.54, 1.807) is 0 Å². The second kappa shape index (κ2) is 6.47. The van der Waals surface area contributed by atoms with E-state index in [0.717, 1.165) is 12.2 Å². The van der Waals surface area contributed by atoms with E-state index in [0.29, 0.717) is 12.5 Å². The molecule has 0 amide bonds. The van der Waals surface area contributed by atoms with Crippen molar-refractivity contribution < 1.29 is 5.11 Å². The predicted octanol–water partition coefficient (Wildman–Crippen LogP) is 2.54. The van der Waals surface area contributed by atoms with Crippen LogP contribution in [0, 0.1) is 11.8 Å². The molecular formula is C11H21BO. The standard InChI is InChI=1S/C11H21BO/c12-8-10-4-1-2-5-11(9-13)7-3-6-10/h10-11,13H,1-9H2. The van der Waals surface area contributed by atoms with E-state index in [2.05, 4.69) is 0 Å². The maximum absolute atomic E-state index is 9.10. The summed E-state index contributed by atoms with van der Waals surface area (Å²) in [5.41, 5.74) is 0. The van der Waals surface area contributed by atoms with Gasteiger partial charge in [0, 0.05) is 6.61 Å². The van der Waals surface area contributed by atoms with Gasteiger partial charge in [-0.25, -0.2) is 0 Å². The van der Waals surface area contributed by atoms with Crippen LogP contribution in [0.2, 0.25) is 6.32 Å². The van der Waals surface area contributed by atoms with Crippen LogP contribution in [-0.2, 0) is 0 Å². The number of hydrogen-bond acceptors (Lipinski definition) is 1. The predicted molar refractivity (Wildman–Crippen MR) is 56.9 cm³/mol. The van der Waals surface area contributed by atoms with Crippen LogP contribution in [0.5, 0.6) is 0 Å². The van der Waals surface area contributed by atoms with Gasteiger partial charge in [0.1, 0.15) is 0 Å². The molecule has 2 unspecified atom stereocenters. The Morgan fingerprint density at radius 3 is 2.08 bits per heavy atom. The van der Waals surface area contributed by atoms with Crippen molar-refractivity contribution in [2.24, 2.45) is 11.8 Å². The van der Waals surface area contributed by atoms with Crippen LogP contribution in [0.1, 0.15) is 44.9 Å². The van der Waals surface area contributed by atoms with Crippen molar-refractivity contribution in [2.45, 2.75) is 51.3 Å². The SMILES string of the molecule is [B]CC1CCCCC(CO)CCC1. The van der Waals surface area contributed by atoms with Gasteiger partial charge in [-0.15, -0.1) is 0 Å². The maximum atomic E-state index is 9.10. The molecule has 0 spiro atoms. The zero-order chi connectivity index (χ0) is 9.52. The molecule has 1 nitrogen and oxygen atoms in total. The fourth-order valence-corrected chi connectivity index (χ4v) is 2.27. The van der Waals surface area contributed by atoms with Crippen LogP contribution in [0.15, 0.2) is 0 Å². The first-order valence-corrected chi connectivity index (χ1v) is 5.67. The number of rotatable bonds is 2. The molecule has 13 heavy (non-hydrogen) atoms. The first kappa shape index (κ1) is 11.1. The molecule has 74 valence electrons. The van der Waals surface area contributed by atoms with Gasteiger partial charge in [-0.1, -0.05) is 38.4 Å². The number of hydrogen-bond donors (Lipinski definition) is 1. The Kier molecular flexibility index (Phi) is 5.53. The summed E-state index contributed by atoms with van der Waals surface area (Å²) in [7, 11) is 5.69. The molecule has 0 aromatic rings. The van der Waals surface area contributed by atoms with Crippen LogP contribution in [-0.4, -0.2) is 19.6 Å². The van der Waals surface area contributed by atoms with Crippen molar-refractivity contribution in [3.05, 3.63) is 0 Å². The van der Waals surface area contributed by atoms with E-state index >= 15 is 0 Å². The van der Waals surface area contributed by atoms with Crippen molar-refractivity contribution in [1.29, 1.82) is 0 Å². The Labute approximate surface area is 83.3 Å². The summed E-state index contributed by atoms with van der Waals surface area (Å²) < 4.78 is 0. The molecule has 0 aliphatic heterocycles. The highest BCUT2D eigenvalue weighted by Crippen LogP contribution is 2.26. The fourth-order valence-electron chi connectivity index (χ4n) is 2.27. The van der Waals surface area contributed by atoms with Gasteiger partial charge in [0.05, 0.1) is 7.85 Å². The van der Waals surface area contributed by atoms with Gasteiger partial charge < -0.3 is 5.11 Å². The van der Waals surface area contributed by atoms with Crippen LogP contribution >= 0.6 is 0 Å². The minimum atomic E-state index is 0.382. The largest absolute Gasteiger partial charge is 0.396 e. The molecular weight excluding hydrogens is 159 g/mol. The van der Waals surface area contributed by atoms with E-state index in [9.17, 15) is 0 Å². The molecule has 1 fully saturated rings. The summed E-state index contributed by atoms with van der Waals surface area (Å²) in [6.45, 7) is 0.382. The Hall–Kier alpha value is 0.0249. The first-order chi connectivity index (χ1) is 6.36. The Bertz CT molecular complexity index is 113. The zero-order valence-electron chi connectivity index (χ0n) is 8.54. The van der Waals surface area contributed by atoms with Gasteiger partial charge in [0.25, 0.3) is 0 Å². The van der Waals surface area contributed by atoms with Crippen molar-refractivity contribution in [2.75, 3.05) is 6.61 Å². The van der Waals surface area contributed by atoms with Gasteiger partial charge in [0.2, 0.25) is 0 Å². The molecule has 1 aliphatic carbocycles. The highest BCUT2D eigenvalue weighted by Gasteiger charge is 2.13. The summed E-state index contributed by atoms with van der Waals surface area (Å²) in [6.07, 6.45) is 9.68. The molecule has 1 aliphatic rings. The van der Waals surface area contributed by atoms with Crippen LogP contribution in [0.3, 0.4) is 0 Å². The van der Waals surface area contributed by atoms with Crippen molar-refractivity contribution >= 4 is 7.85 Å². The molecule has 1 saturated carbocycles. The number of aliphatic hydroxyl groups is 1. The highest BCUT2D eigenvalue weighted by atomic mass is 16.3. The monoisotopic (exact) mass is 180 g/mol. The third kappa shape index (κ3) is 4.17. The van der Waals surface area contributed by atoms with Crippen molar-refractivity contribution in [3.63, 3.8) is 0 Å². The van der Waals surface area contributed by atoms with Gasteiger partial charge in [-0.3, -0.25) is 0 Å². The molecule has 1 N–H and O–H groups in total. The Morgan fingerprint density at radius 1 is 0.923 bits per heavy atom. The second-order valence-electron chi connectivity index (χ2n) is 4.37. The van der Waals surface area contributed by atoms with Gasteiger partial charge in [0.15, 0.2) is 0 Å². The maximum Gasteiger partial charge on any atom is 0.0656 e. The zero-order valence-corrected chi connectivity index (χ0v) is 8.54. The quantitative estimate of drug-likeness (QED) is 0.647. The third-order valence-corrected chi connectivity index (χ3v) is 3.29. The molecule has 1 rings (SSSR count). The second-order valence-corrected chi connectivity index (χ2v) is 4.37. The molecule has 2 radical (unpaired) electrons. The molecule has 2 heteroatoms. The Morgan fingerprint density at radius 2 is 1.46 bits per heavy atom. The van der Waals surface area contributed by atoms with Gasteiger partial charge in [-0.2, -0.15) is 0 Å². The van der Waals surface area contributed by atoms with Crippen LogP contribution < -0.4 is 0 Å². The average molecular weight is 180 g/mol. The molecule has 0 aromatic heterocycles. The average Bonchev–Trinajstić information content (AvgIpc) is 2.28. The third-order valence-electron chi connectivity index (χ3n) is 3.29. The lowest BCUT2D eigenvalue weighted by Crippen LogP contribution is -2.05. The fraction of sp³-hybridized carbons (Fsp3) is 1.00. The lowest BCUT2D eigenvalue weighted by atomic mass is 9.84. The topological polar surface area (TPSA) is 20.2 Å². The molecule has 0 saturated heterocycles. The van der Waals surface area contributed by atoms with E-state index in [4.69, 9.17) is 13.0 Å². The molecule has 0 bridgehead atoms. The minimum Gasteiger partial charge on any atom is -0.396 e. The highest BCUT2D eigenvalue weighted by molar-refractivity contribution is 6.08. The van der Waals surface area contributed by atoms with E-state index in [-0.39, 0.29) is 0 Å². The normalized spacial score (nSPS) is 31.8. The van der Waals surface area contributed by atoms with Crippen molar-refractivity contribution in [1.82, 2.24) is 0 Å². The van der Waals surface area contributed by atoms with Gasteiger partial charge in [-0.05, 0) is 24.7 Å².